The molecule has 1 amide bonds. The lowest BCUT2D eigenvalue weighted by Crippen LogP contribution is -2.44. The van der Waals surface area contributed by atoms with E-state index < -0.39 is 5.41 Å². The molecule has 1 aromatic rings. The molecule has 1 heterocycles. The zero-order chi connectivity index (χ0) is 12.8. The number of fused-ring (bicyclic) bond motifs is 1. The number of hydrogen-bond donors (Lipinski definition) is 1. The standard InChI is InChI=1S/C15H17NO2/c1-15(11-7-3-5-9-13(11)17)10-6-2-4-8-12(10)16-14(15)18/h2,4,6,8,11H,3,5,7,9H2,1H3,(H,16,18). The number of anilines is 1. The molecule has 0 spiro atoms. The molecular weight excluding hydrogens is 226 g/mol. The third-order valence-corrected chi connectivity index (χ3v) is 4.46. The van der Waals surface area contributed by atoms with E-state index in [0.717, 1.165) is 30.5 Å². The zero-order valence-corrected chi connectivity index (χ0v) is 10.5. The van der Waals surface area contributed by atoms with E-state index in [0.29, 0.717) is 6.42 Å². The van der Waals surface area contributed by atoms with E-state index in [2.05, 4.69) is 5.32 Å². The molecule has 0 aromatic heterocycles. The molecular formula is C15H17NO2. The summed E-state index contributed by atoms with van der Waals surface area (Å²) in [6.07, 6.45) is 3.46. The molecule has 1 aromatic carbocycles. The fourth-order valence-electron chi connectivity index (χ4n) is 3.36. The van der Waals surface area contributed by atoms with Crippen molar-refractivity contribution in [2.75, 3.05) is 5.32 Å². The maximum atomic E-state index is 12.3. The third kappa shape index (κ3) is 1.43. The summed E-state index contributed by atoms with van der Waals surface area (Å²) in [5.41, 5.74) is 1.17. The number of carbonyl (C=O) groups is 2. The van der Waals surface area contributed by atoms with E-state index in [1.807, 2.05) is 31.2 Å². The SMILES string of the molecule is CC1(C2CCCCC2=O)C(=O)Nc2ccccc21. The van der Waals surface area contributed by atoms with Crippen LogP contribution < -0.4 is 5.32 Å². The Hall–Kier alpha value is -1.64. The van der Waals surface area contributed by atoms with Crippen molar-refractivity contribution in [3.05, 3.63) is 29.8 Å². The van der Waals surface area contributed by atoms with Crippen LogP contribution in [0.5, 0.6) is 0 Å². The van der Waals surface area contributed by atoms with Crippen molar-refractivity contribution in [1.82, 2.24) is 0 Å². The summed E-state index contributed by atoms with van der Waals surface area (Å²) in [4.78, 5) is 24.5. The Morgan fingerprint density at radius 2 is 2.00 bits per heavy atom. The summed E-state index contributed by atoms with van der Waals surface area (Å²) in [6.45, 7) is 1.92. The predicted molar refractivity (Wildman–Crippen MR) is 69.4 cm³/mol. The molecule has 1 fully saturated rings. The highest BCUT2D eigenvalue weighted by Gasteiger charge is 2.51. The summed E-state index contributed by atoms with van der Waals surface area (Å²) in [5, 5.41) is 2.91. The highest BCUT2D eigenvalue weighted by molar-refractivity contribution is 6.09. The Labute approximate surface area is 107 Å². The van der Waals surface area contributed by atoms with Crippen molar-refractivity contribution < 1.29 is 9.59 Å². The summed E-state index contributed by atoms with van der Waals surface area (Å²) in [5.74, 6) is 0.0643. The molecule has 0 saturated heterocycles. The molecule has 2 unspecified atom stereocenters. The van der Waals surface area contributed by atoms with Crippen molar-refractivity contribution in [1.29, 1.82) is 0 Å². The monoisotopic (exact) mass is 243 g/mol. The Bertz CT molecular complexity index is 523. The number of rotatable bonds is 1. The van der Waals surface area contributed by atoms with Crippen LogP contribution in [0, 0.1) is 5.92 Å². The lowest BCUT2D eigenvalue weighted by Gasteiger charge is -2.34. The van der Waals surface area contributed by atoms with Crippen LogP contribution in [0.3, 0.4) is 0 Å². The van der Waals surface area contributed by atoms with Gasteiger partial charge in [0.2, 0.25) is 5.91 Å². The fourth-order valence-corrected chi connectivity index (χ4v) is 3.36. The predicted octanol–water partition coefficient (Wildman–Crippen LogP) is 2.66. The van der Waals surface area contributed by atoms with Crippen molar-refractivity contribution >= 4 is 17.4 Å². The first-order chi connectivity index (χ1) is 8.64. The van der Waals surface area contributed by atoms with Crippen LogP contribution in [-0.2, 0) is 15.0 Å². The number of ketones is 1. The molecule has 1 N–H and O–H groups in total. The number of Topliss-reactive ketones (excluding diaryl/α,β-unsaturated/α-hetero) is 1. The maximum absolute atomic E-state index is 12.3. The minimum absolute atomic E-state index is 0.0241. The molecule has 2 aliphatic rings. The van der Waals surface area contributed by atoms with Gasteiger partial charge in [-0.2, -0.15) is 0 Å². The van der Waals surface area contributed by atoms with E-state index in [-0.39, 0.29) is 17.6 Å². The largest absolute Gasteiger partial charge is 0.325 e. The van der Waals surface area contributed by atoms with Gasteiger partial charge in [-0.1, -0.05) is 24.6 Å². The summed E-state index contributed by atoms with van der Waals surface area (Å²) < 4.78 is 0. The first-order valence-corrected chi connectivity index (χ1v) is 6.57. The lowest BCUT2D eigenvalue weighted by atomic mass is 9.66. The first-order valence-electron chi connectivity index (χ1n) is 6.57. The van der Waals surface area contributed by atoms with E-state index in [1.54, 1.807) is 0 Å². The molecule has 0 bridgehead atoms. The topological polar surface area (TPSA) is 46.2 Å². The molecule has 3 nitrogen and oxygen atoms in total. The Kier molecular flexibility index (Phi) is 2.51. The number of para-hydroxylation sites is 1. The van der Waals surface area contributed by atoms with Crippen LogP contribution in [0.25, 0.3) is 0 Å². The van der Waals surface area contributed by atoms with Gasteiger partial charge in [-0.3, -0.25) is 9.59 Å². The second kappa shape index (κ2) is 3.94. The van der Waals surface area contributed by atoms with Gasteiger partial charge >= 0.3 is 0 Å². The molecule has 1 aliphatic heterocycles. The van der Waals surface area contributed by atoms with Crippen LogP contribution in [-0.4, -0.2) is 11.7 Å². The van der Waals surface area contributed by atoms with Crippen LogP contribution >= 0.6 is 0 Å². The van der Waals surface area contributed by atoms with Crippen molar-refractivity contribution in [2.24, 2.45) is 5.92 Å². The quantitative estimate of drug-likeness (QED) is 0.824. The molecule has 18 heavy (non-hydrogen) atoms. The second-order valence-electron chi connectivity index (χ2n) is 5.47. The number of hydrogen-bond acceptors (Lipinski definition) is 2. The van der Waals surface area contributed by atoms with Gasteiger partial charge in [0.1, 0.15) is 5.78 Å². The molecule has 1 aliphatic carbocycles. The number of amides is 1. The Morgan fingerprint density at radius 3 is 2.78 bits per heavy atom. The Balaban J connectivity index is 2.08. The highest BCUT2D eigenvalue weighted by Crippen LogP contribution is 2.46. The Morgan fingerprint density at radius 1 is 1.22 bits per heavy atom. The van der Waals surface area contributed by atoms with Gasteiger partial charge < -0.3 is 5.32 Å². The van der Waals surface area contributed by atoms with Gasteiger partial charge in [-0.05, 0) is 31.4 Å². The highest BCUT2D eigenvalue weighted by atomic mass is 16.2. The number of carbonyl (C=O) groups excluding carboxylic acids is 2. The van der Waals surface area contributed by atoms with Gasteiger partial charge in [0.15, 0.2) is 0 Å². The van der Waals surface area contributed by atoms with Crippen molar-refractivity contribution in [3.8, 4) is 0 Å². The van der Waals surface area contributed by atoms with E-state index in [9.17, 15) is 9.59 Å². The molecule has 1 saturated carbocycles. The smallest absolute Gasteiger partial charge is 0.235 e. The van der Waals surface area contributed by atoms with Crippen molar-refractivity contribution in [2.45, 2.75) is 38.0 Å². The van der Waals surface area contributed by atoms with Crippen LogP contribution in [0.4, 0.5) is 5.69 Å². The number of nitrogens with one attached hydrogen (secondary N) is 1. The summed E-state index contributed by atoms with van der Waals surface area (Å²) >= 11 is 0. The van der Waals surface area contributed by atoms with E-state index in [1.165, 1.54) is 0 Å². The molecule has 3 heteroatoms. The van der Waals surface area contributed by atoms with Crippen LogP contribution in [0.1, 0.15) is 38.2 Å². The van der Waals surface area contributed by atoms with Gasteiger partial charge in [0.05, 0.1) is 5.41 Å². The van der Waals surface area contributed by atoms with Crippen LogP contribution in [0.2, 0.25) is 0 Å². The summed E-state index contributed by atoms with van der Waals surface area (Å²) in [7, 11) is 0. The second-order valence-corrected chi connectivity index (χ2v) is 5.47. The first kappa shape index (κ1) is 11.5. The zero-order valence-electron chi connectivity index (χ0n) is 10.5. The average Bonchev–Trinajstić information content (AvgIpc) is 2.63. The summed E-state index contributed by atoms with van der Waals surface area (Å²) in [6, 6.07) is 7.72. The molecule has 2 atom stereocenters. The van der Waals surface area contributed by atoms with E-state index >= 15 is 0 Å². The maximum Gasteiger partial charge on any atom is 0.235 e. The van der Waals surface area contributed by atoms with Crippen LogP contribution in [0.15, 0.2) is 24.3 Å². The fraction of sp³-hybridized carbons (Fsp3) is 0.467. The normalized spacial score (nSPS) is 31.1. The van der Waals surface area contributed by atoms with Gasteiger partial charge in [-0.15, -0.1) is 0 Å². The average molecular weight is 243 g/mol. The van der Waals surface area contributed by atoms with Gasteiger partial charge in [-0.25, -0.2) is 0 Å². The minimum atomic E-state index is -0.673. The minimum Gasteiger partial charge on any atom is -0.325 e. The molecule has 3 rings (SSSR count). The van der Waals surface area contributed by atoms with Gasteiger partial charge in [0.25, 0.3) is 0 Å². The number of benzene rings is 1. The van der Waals surface area contributed by atoms with Gasteiger partial charge in [0, 0.05) is 18.0 Å². The third-order valence-electron chi connectivity index (χ3n) is 4.46. The molecule has 94 valence electrons. The van der Waals surface area contributed by atoms with E-state index in [4.69, 9.17) is 0 Å². The lowest BCUT2D eigenvalue weighted by molar-refractivity contribution is -0.133. The van der Waals surface area contributed by atoms with Crippen molar-refractivity contribution in [3.63, 3.8) is 0 Å². The molecule has 0 radical (unpaired) electrons.